The third-order valence-electron chi connectivity index (χ3n) is 2.37. The summed E-state index contributed by atoms with van der Waals surface area (Å²) in [6, 6.07) is 3.90. The molecule has 86 valence electrons. The van der Waals surface area contributed by atoms with Gasteiger partial charge in [0.25, 0.3) is 0 Å². The third kappa shape index (κ3) is 2.97. The summed E-state index contributed by atoms with van der Waals surface area (Å²) in [6.07, 6.45) is 4.88. The van der Waals surface area contributed by atoms with Gasteiger partial charge in [-0.25, -0.2) is 0 Å². The minimum Gasteiger partial charge on any atom is -0.507 e. The lowest BCUT2D eigenvalue weighted by Crippen LogP contribution is -1.95. The van der Waals surface area contributed by atoms with Crippen LogP contribution in [0, 0.1) is 0 Å². The van der Waals surface area contributed by atoms with E-state index in [9.17, 15) is 5.11 Å². The van der Waals surface area contributed by atoms with Gasteiger partial charge in [-0.05, 0) is 41.7 Å². The average molecular weight is 218 g/mol. The molecule has 0 aliphatic carbocycles. The Labute approximate surface area is 96.9 Å². The van der Waals surface area contributed by atoms with Gasteiger partial charge in [0.15, 0.2) is 0 Å². The zero-order valence-electron chi connectivity index (χ0n) is 9.70. The lowest BCUT2D eigenvalue weighted by molar-refractivity contribution is 0.184. The smallest absolute Gasteiger partial charge is 0.122 e. The quantitative estimate of drug-likeness (QED) is 0.744. The molecule has 0 atom stereocenters. The molecule has 0 spiro atoms. The van der Waals surface area contributed by atoms with Crippen molar-refractivity contribution in [1.82, 2.24) is 0 Å². The van der Waals surface area contributed by atoms with Gasteiger partial charge >= 0.3 is 0 Å². The van der Waals surface area contributed by atoms with Crippen LogP contribution in [0.15, 0.2) is 37.4 Å². The van der Waals surface area contributed by atoms with Gasteiger partial charge in [0.2, 0.25) is 0 Å². The predicted octanol–water partition coefficient (Wildman–Crippen LogP) is 3.00. The van der Waals surface area contributed by atoms with Crippen molar-refractivity contribution in [1.29, 1.82) is 0 Å². The zero-order valence-corrected chi connectivity index (χ0v) is 9.70. The minimum absolute atomic E-state index is 0.347. The summed E-state index contributed by atoms with van der Waals surface area (Å²) in [5.41, 5.74) is 2.84. The van der Waals surface area contributed by atoms with Crippen molar-refractivity contribution in [2.24, 2.45) is 0 Å². The Morgan fingerprint density at radius 1 is 1.19 bits per heavy atom. The molecule has 0 bridgehead atoms. The van der Waals surface area contributed by atoms with Crippen LogP contribution in [0.5, 0.6) is 5.75 Å². The van der Waals surface area contributed by atoms with E-state index in [0.717, 1.165) is 16.7 Å². The summed E-state index contributed by atoms with van der Waals surface area (Å²) in [5.74, 6) is 0.347. The molecule has 0 saturated carbocycles. The largest absolute Gasteiger partial charge is 0.507 e. The Hall–Kier alpha value is -1.54. The fourth-order valence-electron chi connectivity index (χ4n) is 1.70. The number of ether oxygens (including phenoxy) is 1. The van der Waals surface area contributed by atoms with E-state index in [1.165, 1.54) is 0 Å². The number of phenolic OH excluding ortho intramolecular Hbond substituents is 1. The first-order valence-electron chi connectivity index (χ1n) is 5.27. The zero-order chi connectivity index (χ0) is 12.0. The van der Waals surface area contributed by atoms with Crippen LogP contribution in [0.1, 0.15) is 16.7 Å². The molecule has 0 saturated heterocycles. The lowest BCUT2D eigenvalue weighted by Gasteiger charge is -2.10. The van der Waals surface area contributed by atoms with E-state index in [1.807, 2.05) is 12.1 Å². The Balaban J connectivity index is 3.14. The van der Waals surface area contributed by atoms with Crippen molar-refractivity contribution < 1.29 is 9.84 Å². The maximum absolute atomic E-state index is 10.0. The van der Waals surface area contributed by atoms with E-state index in [2.05, 4.69) is 13.2 Å². The van der Waals surface area contributed by atoms with Gasteiger partial charge in [-0.3, -0.25) is 0 Å². The van der Waals surface area contributed by atoms with Crippen molar-refractivity contribution in [3.63, 3.8) is 0 Å². The normalized spacial score (nSPS) is 10.1. The average Bonchev–Trinajstić information content (AvgIpc) is 2.26. The SMILES string of the molecule is C=CCc1cc(COC)cc(CC=C)c1O. The van der Waals surface area contributed by atoms with E-state index in [4.69, 9.17) is 4.74 Å². The van der Waals surface area contributed by atoms with Crippen molar-refractivity contribution >= 4 is 0 Å². The van der Waals surface area contributed by atoms with Crippen LogP contribution in [0.2, 0.25) is 0 Å². The Morgan fingerprint density at radius 3 is 2.06 bits per heavy atom. The second-order valence-electron chi connectivity index (χ2n) is 3.68. The molecule has 1 rings (SSSR count). The second kappa shape index (κ2) is 6.13. The number of rotatable bonds is 6. The molecule has 1 N–H and O–H groups in total. The van der Waals surface area contributed by atoms with Gasteiger partial charge in [0.1, 0.15) is 5.75 Å². The van der Waals surface area contributed by atoms with E-state index >= 15 is 0 Å². The molecule has 0 heterocycles. The molecule has 0 unspecified atom stereocenters. The molecule has 0 fully saturated rings. The summed E-state index contributed by atoms with van der Waals surface area (Å²) in [5, 5.41) is 10.0. The third-order valence-corrected chi connectivity index (χ3v) is 2.37. The molecule has 1 aromatic carbocycles. The summed E-state index contributed by atoms with van der Waals surface area (Å²) >= 11 is 0. The number of allylic oxidation sites excluding steroid dienone is 2. The van der Waals surface area contributed by atoms with E-state index < -0.39 is 0 Å². The van der Waals surface area contributed by atoms with Gasteiger partial charge < -0.3 is 9.84 Å². The first-order valence-corrected chi connectivity index (χ1v) is 5.27. The highest BCUT2D eigenvalue weighted by Gasteiger charge is 2.08. The lowest BCUT2D eigenvalue weighted by atomic mass is 10.00. The Morgan fingerprint density at radius 2 is 1.69 bits per heavy atom. The first kappa shape index (κ1) is 12.5. The van der Waals surface area contributed by atoms with Crippen LogP contribution >= 0.6 is 0 Å². The van der Waals surface area contributed by atoms with Gasteiger partial charge in [0.05, 0.1) is 6.61 Å². The van der Waals surface area contributed by atoms with E-state index in [-0.39, 0.29) is 0 Å². The monoisotopic (exact) mass is 218 g/mol. The molecule has 0 aliphatic heterocycles. The van der Waals surface area contributed by atoms with Crippen LogP contribution < -0.4 is 0 Å². The van der Waals surface area contributed by atoms with Crippen LogP contribution in [-0.4, -0.2) is 12.2 Å². The maximum Gasteiger partial charge on any atom is 0.122 e. The molecular weight excluding hydrogens is 200 g/mol. The van der Waals surface area contributed by atoms with Gasteiger partial charge in [-0.2, -0.15) is 0 Å². The summed E-state index contributed by atoms with van der Waals surface area (Å²) in [6.45, 7) is 7.92. The standard InChI is InChI=1S/C14H18O2/c1-4-6-12-8-11(10-16-3)9-13(7-5-2)14(12)15/h4-5,8-9,15H,1-2,6-7,10H2,3H3. The molecule has 2 nitrogen and oxygen atoms in total. The van der Waals surface area contributed by atoms with Crippen molar-refractivity contribution in [3.05, 3.63) is 54.1 Å². The number of phenols is 1. The molecule has 0 amide bonds. The highest BCUT2D eigenvalue weighted by molar-refractivity contribution is 5.45. The molecule has 2 heteroatoms. The van der Waals surface area contributed by atoms with Crippen molar-refractivity contribution in [2.75, 3.05) is 7.11 Å². The predicted molar refractivity (Wildman–Crippen MR) is 66.6 cm³/mol. The van der Waals surface area contributed by atoms with E-state index in [0.29, 0.717) is 25.2 Å². The van der Waals surface area contributed by atoms with Crippen LogP contribution in [0.25, 0.3) is 0 Å². The van der Waals surface area contributed by atoms with Gasteiger partial charge in [-0.15, -0.1) is 13.2 Å². The van der Waals surface area contributed by atoms with Crippen molar-refractivity contribution in [2.45, 2.75) is 19.4 Å². The van der Waals surface area contributed by atoms with Crippen LogP contribution in [-0.2, 0) is 24.2 Å². The summed E-state index contributed by atoms with van der Waals surface area (Å²) in [7, 11) is 1.66. The first-order chi connectivity index (χ1) is 7.72. The summed E-state index contributed by atoms with van der Waals surface area (Å²) < 4.78 is 5.10. The Bertz CT molecular complexity index is 349. The molecule has 16 heavy (non-hydrogen) atoms. The highest BCUT2D eigenvalue weighted by atomic mass is 16.5. The number of benzene rings is 1. The number of hydrogen-bond acceptors (Lipinski definition) is 2. The molecule has 0 aromatic heterocycles. The van der Waals surface area contributed by atoms with Gasteiger partial charge in [0, 0.05) is 7.11 Å². The molecule has 1 aromatic rings. The number of methoxy groups -OCH3 is 1. The maximum atomic E-state index is 10.0. The number of aromatic hydroxyl groups is 1. The minimum atomic E-state index is 0.347. The molecule has 0 radical (unpaired) electrons. The molecular formula is C14H18O2. The van der Waals surface area contributed by atoms with Crippen LogP contribution in [0.3, 0.4) is 0 Å². The fourth-order valence-corrected chi connectivity index (χ4v) is 1.70. The van der Waals surface area contributed by atoms with Gasteiger partial charge in [-0.1, -0.05) is 12.2 Å². The van der Waals surface area contributed by atoms with Crippen molar-refractivity contribution in [3.8, 4) is 5.75 Å². The number of hydrogen-bond donors (Lipinski definition) is 1. The fraction of sp³-hybridized carbons (Fsp3) is 0.286. The topological polar surface area (TPSA) is 29.5 Å². The molecule has 0 aliphatic rings. The highest BCUT2D eigenvalue weighted by Crippen LogP contribution is 2.26. The Kier molecular flexibility index (Phi) is 4.80. The van der Waals surface area contributed by atoms with Crippen LogP contribution in [0.4, 0.5) is 0 Å². The second-order valence-corrected chi connectivity index (χ2v) is 3.68. The van der Waals surface area contributed by atoms with E-state index in [1.54, 1.807) is 19.3 Å². The summed E-state index contributed by atoms with van der Waals surface area (Å²) in [4.78, 5) is 0.